The molecule has 1 aliphatic carbocycles. The summed E-state index contributed by atoms with van der Waals surface area (Å²) in [6.45, 7) is 4.68. The fourth-order valence-corrected chi connectivity index (χ4v) is 3.65. The molecular weight excluding hydrogens is 235 g/mol. The van der Waals surface area contributed by atoms with E-state index in [1.807, 2.05) is 12.1 Å². The van der Waals surface area contributed by atoms with Crippen LogP contribution in [0.4, 0.5) is 4.39 Å². The molecule has 0 aromatic heterocycles. The lowest BCUT2D eigenvalue weighted by molar-refractivity contribution is 0.269. The third kappa shape index (κ3) is 4.33. The second-order valence-electron chi connectivity index (χ2n) is 6.40. The minimum Gasteiger partial charge on any atom is -0.207 e. The van der Waals surface area contributed by atoms with Crippen molar-refractivity contribution in [1.29, 1.82) is 0 Å². The maximum atomic E-state index is 12.9. The molecule has 1 aromatic carbocycles. The van der Waals surface area contributed by atoms with E-state index in [2.05, 4.69) is 13.8 Å². The van der Waals surface area contributed by atoms with Gasteiger partial charge in [0.15, 0.2) is 0 Å². The Morgan fingerprint density at radius 3 is 2.32 bits per heavy atom. The van der Waals surface area contributed by atoms with Crippen LogP contribution in [0.15, 0.2) is 24.3 Å². The molecule has 19 heavy (non-hydrogen) atoms. The van der Waals surface area contributed by atoms with Crippen LogP contribution in [-0.2, 0) is 0 Å². The van der Waals surface area contributed by atoms with Crippen LogP contribution in [0.2, 0.25) is 0 Å². The van der Waals surface area contributed by atoms with E-state index in [0.29, 0.717) is 5.92 Å². The molecule has 0 saturated heterocycles. The van der Waals surface area contributed by atoms with Crippen molar-refractivity contribution in [3.8, 4) is 0 Å². The Labute approximate surface area is 117 Å². The Morgan fingerprint density at radius 2 is 1.74 bits per heavy atom. The highest BCUT2D eigenvalue weighted by Crippen LogP contribution is 2.38. The maximum absolute atomic E-state index is 12.9. The molecule has 0 amide bonds. The molecule has 106 valence electrons. The van der Waals surface area contributed by atoms with E-state index in [4.69, 9.17) is 0 Å². The summed E-state index contributed by atoms with van der Waals surface area (Å²) in [4.78, 5) is 0. The number of hydrogen-bond acceptors (Lipinski definition) is 0. The van der Waals surface area contributed by atoms with Crippen molar-refractivity contribution in [3.05, 3.63) is 35.6 Å². The minimum atomic E-state index is -0.120. The van der Waals surface area contributed by atoms with Gasteiger partial charge in [0.2, 0.25) is 0 Å². The molecule has 1 heteroatoms. The second kappa shape index (κ2) is 7.07. The molecule has 0 nitrogen and oxygen atoms in total. The highest BCUT2D eigenvalue weighted by atomic mass is 19.1. The van der Waals surface area contributed by atoms with Gasteiger partial charge >= 0.3 is 0 Å². The Balaban J connectivity index is 1.80. The average Bonchev–Trinajstić information content (AvgIpc) is 2.41. The lowest BCUT2D eigenvalue weighted by Crippen LogP contribution is -2.15. The van der Waals surface area contributed by atoms with E-state index in [1.165, 1.54) is 50.5 Å². The highest BCUT2D eigenvalue weighted by molar-refractivity contribution is 5.20. The predicted octanol–water partition coefficient (Wildman–Crippen LogP) is 5.93. The SMILES string of the molecule is CCCC(C)CC1CCC(c2ccc(F)cc2)CC1. The summed E-state index contributed by atoms with van der Waals surface area (Å²) in [6.07, 6.45) is 9.38. The van der Waals surface area contributed by atoms with Gasteiger partial charge in [-0.15, -0.1) is 0 Å². The van der Waals surface area contributed by atoms with Crippen LogP contribution in [0.3, 0.4) is 0 Å². The number of halogens is 1. The second-order valence-corrected chi connectivity index (χ2v) is 6.40. The molecule has 0 spiro atoms. The fourth-order valence-electron chi connectivity index (χ4n) is 3.65. The molecule has 1 aromatic rings. The summed E-state index contributed by atoms with van der Waals surface area (Å²) in [5.41, 5.74) is 1.33. The molecule has 1 atom stereocenters. The summed E-state index contributed by atoms with van der Waals surface area (Å²) in [7, 11) is 0. The Bertz CT molecular complexity index is 360. The van der Waals surface area contributed by atoms with Crippen molar-refractivity contribution in [2.75, 3.05) is 0 Å². The molecule has 1 unspecified atom stereocenters. The van der Waals surface area contributed by atoms with Gasteiger partial charge in [0.25, 0.3) is 0 Å². The van der Waals surface area contributed by atoms with Crippen LogP contribution in [0.5, 0.6) is 0 Å². The third-order valence-corrected chi connectivity index (χ3v) is 4.71. The van der Waals surface area contributed by atoms with E-state index in [1.54, 1.807) is 12.1 Å². The van der Waals surface area contributed by atoms with Crippen LogP contribution in [0, 0.1) is 17.7 Å². The minimum absolute atomic E-state index is 0.120. The normalized spacial score (nSPS) is 25.2. The maximum Gasteiger partial charge on any atom is 0.123 e. The number of benzene rings is 1. The van der Waals surface area contributed by atoms with Crippen molar-refractivity contribution >= 4 is 0 Å². The lowest BCUT2D eigenvalue weighted by Gasteiger charge is -2.30. The smallest absolute Gasteiger partial charge is 0.123 e. The van der Waals surface area contributed by atoms with Crippen molar-refractivity contribution in [2.24, 2.45) is 11.8 Å². The van der Waals surface area contributed by atoms with Gasteiger partial charge in [-0.1, -0.05) is 38.8 Å². The van der Waals surface area contributed by atoms with Crippen LogP contribution < -0.4 is 0 Å². The quantitative estimate of drug-likeness (QED) is 0.617. The monoisotopic (exact) mass is 262 g/mol. The Morgan fingerprint density at radius 1 is 1.11 bits per heavy atom. The molecule has 0 bridgehead atoms. The van der Waals surface area contributed by atoms with Crippen molar-refractivity contribution < 1.29 is 4.39 Å². The first-order valence-electron chi connectivity index (χ1n) is 7.94. The molecule has 1 fully saturated rings. The van der Waals surface area contributed by atoms with E-state index in [0.717, 1.165) is 11.8 Å². The molecule has 0 N–H and O–H groups in total. The van der Waals surface area contributed by atoms with E-state index >= 15 is 0 Å². The largest absolute Gasteiger partial charge is 0.207 e. The van der Waals surface area contributed by atoms with Crippen LogP contribution in [-0.4, -0.2) is 0 Å². The van der Waals surface area contributed by atoms with Gasteiger partial charge in [-0.25, -0.2) is 4.39 Å². The number of hydrogen-bond donors (Lipinski definition) is 0. The van der Waals surface area contributed by atoms with Crippen LogP contribution >= 0.6 is 0 Å². The molecule has 0 radical (unpaired) electrons. The molecule has 1 aliphatic rings. The standard InChI is InChI=1S/C18H27F/c1-3-4-14(2)13-15-5-7-16(8-6-15)17-9-11-18(19)12-10-17/h9-12,14-16H,3-8,13H2,1-2H3. The summed E-state index contributed by atoms with van der Waals surface area (Å²) in [5.74, 6) is 2.36. The molecule has 0 heterocycles. The topological polar surface area (TPSA) is 0 Å². The molecule has 0 aliphatic heterocycles. The average molecular weight is 262 g/mol. The van der Waals surface area contributed by atoms with E-state index < -0.39 is 0 Å². The van der Waals surface area contributed by atoms with Gasteiger partial charge in [0.1, 0.15) is 5.82 Å². The van der Waals surface area contributed by atoms with Gasteiger partial charge in [-0.3, -0.25) is 0 Å². The van der Waals surface area contributed by atoms with Gasteiger partial charge in [-0.05, 0) is 67.6 Å². The molecule has 2 rings (SSSR count). The first-order chi connectivity index (χ1) is 9.19. The Kier molecular flexibility index (Phi) is 5.42. The van der Waals surface area contributed by atoms with Crippen LogP contribution in [0.1, 0.15) is 70.3 Å². The predicted molar refractivity (Wildman–Crippen MR) is 79.8 cm³/mol. The van der Waals surface area contributed by atoms with Crippen molar-refractivity contribution in [2.45, 2.75) is 64.7 Å². The molecular formula is C18H27F. The van der Waals surface area contributed by atoms with E-state index in [-0.39, 0.29) is 5.82 Å². The van der Waals surface area contributed by atoms with Crippen molar-refractivity contribution in [1.82, 2.24) is 0 Å². The lowest BCUT2D eigenvalue weighted by atomic mass is 9.75. The fraction of sp³-hybridized carbons (Fsp3) is 0.667. The number of rotatable bonds is 5. The van der Waals surface area contributed by atoms with Gasteiger partial charge in [0, 0.05) is 0 Å². The van der Waals surface area contributed by atoms with Gasteiger partial charge in [0.05, 0.1) is 0 Å². The van der Waals surface area contributed by atoms with Gasteiger partial charge < -0.3 is 0 Å². The first-order valence-corrected chi connectivity index (χ1v) is 7.94. The Hall–Kier alpha value is -0.850. The van der Waals surface area contributed by atoms with Gasteiger partial charge in [-0.2, -0.15) is 0 Å². The zero-order valence-electron chi connectivity index (χ0n) is 12.4. The van der Waals surface area contributed by atoms with Crippen LogP contribution in [0.25, 0.3) is 0 Å². The zero-order chi connectivity index (χ0) is 13.7. The zero-order valence-corrected chi connectivity index (χ0v) is 12.4. The molecule has 1 saturated carbocycles. The van der Waals surface area contributed by atoms with Crippen molar-refractivity contribution in [3.63, 3.8) is 0 Å². The summed E-state index contributed by atoms with van der Waals surface area (Å²) in [6, 6.07) is 7.15. The summed E-state index contributed by atoms with van der Waals surface area (Å²) >= 11 is 0. The highest BCUT2D eigenvalue weighted by Gasteiger charge is 2.23. The first kappa shape index (κ1) is 14.6. The van der Waals surface area contributed by atoms with E-state index in [9.17, 15) is 4.39 Å². The third-order valence-electron chi connectivity index (χ3n) is 4.71. The summed E-state index contributed by atoms with van der Waals surface area (Å²) in [5, 5.41) is 0. The summed E-state index contributed by atoms with van der Waals surface area (Å²) < 4.78 is 12.9.